The van der Waals surface area contributed by atoms with E-state index >= 15 is 0 Å². The van der Waals surface area contributed by atoms with Crippen LogP contribution in [-0.2, 0) is 12.4 Å². The van der Waals surface area contributed by atoms with Crippen LogP contribution in [-0.4, -0.2) is 17.0 Å². The number of anilines is 1. The van der Waals surface area contributed by atoms with Crippen LogP contribution in [0.3, 0.4) is 0 Å². The van der Waals surface area contributed by atoms with Crippen molar-refractivity contribution in [2.75, 3.05) is 11.9 Å². The van der Waals surface area contributed by atoms with Crippen molar-refractivity contribution in [1.29, 1.82) is 0 Å². The van der Waals surface area contributed by atoms with Crippen LogP contribution in [0.15, 0.2) is 23.6 Å². The summed E-state index contributed by atoms with van der Waals surface area (Å²) in [5.74, 6) is 1.37. The summed E-state index contributed by atoms with van der Waals surface area (Å²) in [4.78, 5) is 11.0. The van der Waals surface area contributed by atoms with Gasteiger partial charge in [-0.05, 0) is 19.1 Å². The first kappa shape index (κ1) is 12.3. The Hall–Kier alpha value is -1.13. The molecule has 17 heavy (non-hydrogen) atoms. The summed E-state index contributed by atoms with van der Waals surface area (Å²) >= 11 is 7.45. The molecular weight excluding hydrogens is 254 g/mol. The molecule has 0 fully saturated rings. The average Bonchev–Trinajstić information content (AvgIpc) is 2.75. The standard InChI is InChI=1S/C12H14ClN3S/c1-9-14-11(8-17-9)7-16(2)12-5-3-4-10(6-13)15-12/h3-5,8H,6-7H2,1-2H3. The molecule has 0 aliphatic rings. The Kier molecular flexibility index (Phi) is 3.97. The van der Waals surface area contributed by atoms with Crippen LogP contribution >= 0.6 is 22.9 Å². The fraction of sp³-hybridized carbons (Fsp3) is 0.333. The van der Waals surface area contributed by atoms with Gasteiger partial charge in [0, 0.05) is 12.4 Å². The zero-order chi connectivity index (χ0) is 12.3. The summed E-state index contributed by atoms with van der Waals surface area (Å²) in [6.45, 7) is 2.78. The van der Waals surface area contributed by atoms with E-state index in [1.54, 1.807) is 11.3 Å². The predicted octanol–water partition coefficient (Wildman–Crippen LogP) is 3.22. The van der Waals surface area contributed by atoms with Crippen molar-refractivity contribution < 1.29 is 0 Å². The molecule has 5 heteroatoms. The monoisotopic (exact) mass is 267 g/mol. The zero-order valence-corrected chi connectivity index (χ0v) is 11.4. The molecule has 0 aliphatic carbocycles. The molecule has 0 saturated heterocycles. The van der Waals surface area contributed by atoms with Gasteiger partial charge in [-0.1, -0.05) is 6.07 Å². The van der Waals surface area contributed by atoms with Crippen molar-refractivity contribution in [2.45, 2.75) is 19.3 Å². The summed E-state index contributed by atoms with van der Waals surface area (Å²) < 4.78 is 0. The molecule has 2 rings (SSSR count). The molecule has 3 nitrogen and oxygen atoms in total. The molecule has 0 unspecified atom stereocenters. The van der Waals surface area contributed by atoms with E-state index in [2.05, 4.69) is 20.2 Å². The highest BCUT2D eigenvalue weighted by Gasteiger charge is 2.06. The lowest BCUT2D eigenvalue weighted by Crippen LogP contribution is -2.18. The van der Waals surface area contributed by atoms with Crippen molar-refractivity contribution >= 4 is 28.8 Å². The minimum atomic E-state index is 0.442. The number of aromatic nitrogens is 2. The lowest BCUT2D eigenvalue weighted by atomic mass is 10.3. The van der Waals surface area contributed by atoms with Gasteiger partial charge in [-0.3, -0.25) is 0 Å². The Morgan fingerprint density at radius 2 is 2.12 bits per heavy atom. The molecule has 90 valence electrons. The largest absolute Gasteiger partial charge is 0.354 e. The van der Waals surface area contributed by atoms with E-state index in [1.165, 1.54) is 0 Å². The van der Waals surface area contributed by atoms with Gasteiger partial charge in [0.1, 0.15) is 5.82 Å². The summed E-state index contributed by atoms with van der Waals surface area (Å²) in [6.07, 6.45) is 0. The fourth-order valence-electron chi connectivity index (χ4n) is 1.56. The van der Waals surface area contributed by atoms with Gasteiger partial charge >= 0.3 is 0 Å². The maximum absolute atomic E-state index is 5.78. The first-order valence-corrected chi connectivity index (χ1v) is 6.74. The Morgan fingerprint density at radius 1 is 1.29 bits per heavy atom. The zero-order valence-electron chi connectivity index (χ0n) is 9.85. The van der Waals surface area contributed by atoms with Crippen LogP contribution < -0.4 is 4.90 Å². The van der Waals surface area contributed by atoms with E-state index in [0.717, 1.165) is 28.8 Å². The number of thiazole rings is 1. The van der Waals surface area contributed by atoms with Gasteiger partial charge in [0.15, 0.2) is 0 Å². The van der Waals surface area contributed by atoms with Crippen LogP contribution in [0.4, 0.5) is 5.82 Å². The first-order valence-electron chi connectivity index (χ1n) is 5.33. The normalized spacial score (nSPS) is 10.5. The van der Waals surface area contributed by atoms with Crippen LogP contribution in [0.2, 0.25) is 0 Å². The Labute approximate surface area is 110 Å². The summed E-state index contributed by atoms with van der Waals surface area (Å²) in [6, 6.07) is 5.88. The second kappa shape index (κ2) is 5.47. The highest BCUT2D eigenvalue weighted by Crippen LogP contribution is 2.15. The number of nitrogens with zero attached hydrogens (tertiary/aromatic N) is 3. The van der Waals surface area contributed by atoms with Gasteiger partial charge in [-0.25, -0.2) is 9.97 Å². The minimum Gasteiger partial charge on any atom is -0.354 e. The number of hydrogen-bond donors (Lipinski definition) is 0. The topological polar surface area (TPSA) is 29.0 Å². The van der Waals surface area contributed by atoms with Gasteiger partial charge < -0.3 is 4.90 Å². The maximum atomic E-state index is 5.78. The molecule has 2 aromatic rings. The van der Waals surface area contributed by atoms with E-state index in [-0.39, 0.29) is 0 Å². The van der Waals surface area contributed by atoms with E-state index in [0.29, 0.717) is 5.88 Å². The van der Waals surface area contributed by atoms with E-state index in [9.17, 15) is 0 Å². The highest BCUT2D eigenvalue weighted by atomic mass is 35.5. The number of hydrogen-bond acceptors (Lipinski definition) is 4. The van der Waals surface area contributed by atoms with E-state index in [4.69, 9.17) is 11.6 Å². The SMILES string of the molecule is Cc1nc(CN(C)c2cccc(CCl)n2)cs1. The van der Waals surface area contributed by atoms with Crippen molar-refractivity contribution in [2.24, 2.45) is 0 Å². The van der Waals surface area contributed by atoms with Crippen LogP contribution in [0.1, 0.15) is 16.4 Å². The lowest BCUT2D eigenvalue weighted by molar-refractivity contribution is 0.865. The number of pyridine rings is 1. The predicted molar refractivity (Wildman–Crippen MR) is 72.8 cm³/mol. The van der Waals surface area contributed by atoms with Gasteiger partial charge in [-0.2, -0.15) is 0 Å². The van der Waals surface area contributed by atoms with Crippen molar-refractivity contribution in [1.82, 2.24) is 9.97 Å². The summed E-state index contributed by atoms with van der Waals surface area (Å²) in [5, 5.41) is 3.17. The number of alkyl halides is 1. The quantitative estimate of drug-likeness (QED) is 0.797. The third-order valence-electron chi connectivity index (χ3n) is 2.39. The van der Waals surface area contributed by atoms with Crippen molar-refractivity contribution in [3.8, 4) is 0 Å². The number of halogens is 1. The molecule has 0 bridgehead atoms. The third-order valence-corrected chi connectivity index (χ3v) is 3.48. The van der Waals surface area contributed by atoms with E-state index in [1.807, 2.05) is 32.2 Å². The molecule has 0 spiro atoms. The fourth-order valence-corrected chi connectivity index (χ4v) is 2.31. The lowest BCUT2D eigenvalue weighted by Gasteiger charge is -2.17. The molecule has 0 aromatic carbocycles. The van der Waals surface area contributed by atoms with Crippen molar-refractivity contribution in [3.63, 3.8) is 0 Å². The van der Waals surface area contributed by atoms with Gasteiger partial charge in [0.25, 0.3) is 0 Å². The molecule has 0 atom stereocenters. The smallest absolute Gasteiger partial charge is 0.128 e. The minimum absolute atomic E-state index is 0.442. The Morgan fingerprint density at radius 3 is 2.76 bits per heavy atom. The van der Waals surface area contributed by atoms with Crippen LogP contribution in [0.5, 0.6) is 0 Å². The van der Waals surface area contributed by atoms with Crippen LogP contribution in [0.25, 0.3) is 0 Å². The van der Waals surface area contributed by atoms with Crippen LogP contribution in [0, 0.1) is 6.92 Å². The molecule has 0 N–H and O–H groups in total. The molecule has 0 radical (unpaired) electrons. The molecule has 2 aromatic heterocycles. The second-order valence-corrected chi connectivity index (χ2v) is 5.16. The van der Waals surface area contributed by atoms with Gasteiger partial charge in [0.05, 0.1) is 28.8 Å². The third kappa shape index (κ3) is 3.17. The molecule has 0 saturated carbocycles. The molecule has 2 heterocycles. The number of aryl methyl sites for hydroxylation is 1. The highest BCUT2D eigenvalue weighted by molar-refractivity contribution is 7.09. The molecule has 0 amide bonds. The van der Waals surface area contributed by atoms with Gasteiger partial charge in [-0.15, -0.1) is 22.9 Å². The summed E-state index contributed by atoms with van der Waals surface area (Å²) in [5.41, 5.74) is 1.97. The molecule has 0 aliphatic heterocycles. The number of rotatable bonds is 4. The summed E-state index contributed by atoms with van der Waals surface area (Å²) in [7, 11) is 2.01. The van der Waals surface area contributed by atoms with Gasteiger partial charge in [0.2, 0.25) is 0 Å². The second-order valence-electron chi connectivity index (χ2n) is 3.83. The Bertz CT molecular complexity index is 498. The maximum Gasteiger partial charge on any atom is 0.128 e. The Balaban J connectivity index is 2.11. The average molecular weight is 268 g/mol. The molecular formula is C12H14ClN3S. The van der Waals surface area contributed by atoms with Crippen molar-refractivity contribution in [3.05, 3.63) is 40.0 Å². The van der Waals surface area contributed by atoms with E-state index < -0.39 is 0 Å². The first-order chi connectivity index (χ1) is 8.19.